The second-order valence-electron chi connectivity index (χ2n) is 4.60. The standard InChI is InChI=1S/2C8H6O4.Na.HO3S/c9-7(10)5-1-2-6(4-3-5)8(11)12;9-7(10)5-2-1-3-6(4-5)8(11)12;;1-4(2)3/h2*1-4H,(H,9,10)(H,11,12);;(H,1,2,3)/q;;+1;-1. The average molecular weight is 436 g/mol. The number of rotatable bonds is 4. The molecule has 13 heteroatoms. The monoisotopic (exact) mass is 436 g/mol. The third kappa shape index (κ3) is 12.3. The molecule has 2 aromatic rings. The van der Waals surface area contributed by atoms with Gasteiger partial charge in [0.05, 0.1) is 22.3 Å². The Hall–Kier alpha value is -2.77. The predicted octanol–water partition coefficient (Wildman–Crippen LogP) is -1.06. The SMILES string of the molecule is O=C(O)c1ccc(C(=O)O)cc1.O=C(O)c1cccc(C(=O)O)c1.O=[S-](=O)O.[Na+]. The maximum absolute atomic E-state index is 10.4. The Bertz CT molecular complexity index is 866. The predicted molar refractivity (Wildman–Crippen MR) is 92.1 cm³/mol. The van der Waals surface area contributed by atoms with Crippen molar-refractivity contribution in [2.45, 2.75) is 0 Å². The van der Waals surface area contributed by atoms with Crippen LogP contribution in [-0.2, 0) is 19.4 Å². The number of carboxylic acids is 4. The van der Waals surface area contributed by atoms with Crippen LogP contribution in [0.4, 0.5) is 0 Å². The molecule has 0 saturated carbocycles. The second kappa shape index (κ2) is 14.3. The summed E-state index contributed by atoms with van der Waals surface area (Å²) in [5, 5.41) is 33.9. The third-order valence-corrected chi connectivity index (χ3v) is 2.74. The minimum absolute atomic E-state index is 0. The summed E-state index contributed by atoms with van der Waals surface area (Å²) in [5.41, 5.74) is 0.129. The molecule has 0 aliphatic rings. The van der Waals surface area contributed by atoms with Crippen LogP contribution >= 0.6 is 0 Å². The summed E-state index contributed by atoms with van der Waals surface area (Å²) in [5.74, 6) is -4.38. The molecule has 0 aromatic heterocycles. The van der Waals surface area contributed by atoms with Gasteiger partial charge >= 0.3 is 53.4 Å². The Kier molecular flexibility index (Phi) is 14.0. The average Bonchev–Trinajstić information content (AvgIpc) is 2.62. The topological polar surface area (TPSA) is 204 Å². The van der Waals surface area contributed by atoms with Gasteiger partial charge in [-0.3, -0.25) is 0 Å². The van der Waals surface area contributed by atoms with Gasteiger partial charge < -0.3 is 33.4 Å². The molecule has 150 valence electrons. The van der Waals surface area contributed by atoms with E-state index in [1.54, 1.807) is 0 Å². The summed E-state index contributed by atoms with van der Waals surface area (Å²) < 4.78 is 24.1. The first-order chi connectivity index (χ1) is 13.0. The summed E-state index contributed by atoms with van der Waals surface area (Å²) in [6, 6.07) is 10.2. The Balaban J connectivity index is 0. The summed E-state index contributed by atoms with van der Waals surface area (Å²) in [7, 11) is -2.86. The fourth-order valence-corrected chi connectivity index (χ4v) is 1.54. The van der Waals surface area contributed by atoms with Gasteiger partial charge in [0, 0.05) is 11.0 Å². The van der Waals surface area contributed by atoms with Crippen LogP contribution in [0, 0.1) is 0 Å². The van der Waals surface area contributed by atoms with Crippen LogP contribution in [0.3, 0.4) is 0 Å². The molecule has 2 aromatic carbocycles. The van der Waals surface area contributed by atoms with Crippen molar-refractivity contribution in [3.63, 3.8) is 0 Å². The zero-order valence-corrected chi connectivity index (χ0v) is 17.5. The first-order valence-electron chi connectivity index (χ1n) is 6.87. The number of hydrogen-bond acceptors (Lipinski definition) is 7. The molecular weight excluding hydrogens is 423 g/mol. The van der Waals surface area contributed by atoms with E-state index in [0.29, 0.717) is 0 Å². The van der Waals surface area contributed by atoms with Crippen LogP contribution in [-0.4, -0.2) is 48.9 Å². The zero-order chi connectivity index (χ0) is 21.9. The van der Waals surface area contributed by atoms with E-state index in [2.05, 4.69) is 0 Å². The van der Waals surface area contributed by atoms with E-state index in [4.69, 9.17) is 33.4 Å². The molecule has 0 radical (unpaired) electrons. The Morgan fingerprint density at radius 2 is 0.828 bits per heavy atom. The van der Waals surface area contributed by atoms with Crippen molar-refractivity contribution < 1.29 is 82.1 Å². The van der Waals surface area contributed by atoms with Crippen molar-refractivity contribution >= 4 is 34.9 Å². The van der Waals surface area contributed by atoms with Crippen LogP contribution in [0.5, 0.6) is 0 Å². The summed E-state index contributed by atoms with van der Waals surface area (Å²) in [6.45, 7) is 0. The molecule has 0 unspecified atom stereocenters. The smallest absolute Gasteiger partial charge is 0.478 e. The number of carboxylic acid groups (broad SMARTS) is 4. The Morgan fingerprint density at radius 1 is 0.586 bits per heavy atom. The first kappa shape index (κ1) is 28.4. The molecule has 29 heavy (non-hydrogen) atoms. The van der Waals surface area contributed by atoms with Gasteiger partial charge in [0.15, 0.2) is 0 Å². The molecule has 0 spiro atoms. The van der Waals surface area contributed by atoms with Crippen LogP contribution in [0.15, 0.2) is 48.5 Å². The van der Waals surface area contributed by atoms with Crippen molar-refractivity contribution in [1.82, 2.24) is 0 Å². The van der Waals surface area contributed by atoms with Gasteiger partial charge in [-0.25, -0.2) is 19.2 Å². The molecule has 0 atom stereocenters. The van der Waals surface area contributed by atoms with E-state index >= 15 is 0 Å². The van der Waals surface area contributed by atoms with E-state index in [-0.39, 0.29) is 51.8 Å². The van der Waals surface area contributed by atoms with Crippen LogP contribution in [0.2, 0.25) is 0 Å². The molecule has 2 rings (SSSR count). The van der Waals surface area contributed by atoms with Gasteiger partial charge in [0.25, 0.3) is 0 Å². The molecular formula is C16H13NaO11S. The van der Waals surface area contributed by atoms with Crippen LogP contribution in [0.25, 0.3) is 0 Å². The third-order valence-electron chi connectivity index (χ3n) is 2.74. The molecule has 0 heterocycles. The van der Waals surface area contributed by atoms with E-state index in [0.717, 1.165) is 6.07 Å². The van der Waals surface area contributed by atoms with E-state index in [1.807, 2.05) is 0 Å². The maximum atomic E-state index is 10.4. The largest absolute Gasteiger partial charge is 1.00 e. The first-order valence-corrected chi connectivity index (χ1v) is 7.90. The summed E-state index contributed by atoms with van der Waals surface area (Å²) in [6.07, 6.45) is 0. The minimum atomic E-state index is -2.86. The number of hydrogen-bond donors (Lipinski definition) is 5. The zero-order valence-electron chi connectivity index (χ0n) is 14.7. The molecule has 0 amide bonds. The van der Waals surface area contributed by atoms with Gasteiger partial charge in [-0.2, -0.15) is 0 Å². The Labute approximate surface area is 187 Å². The quantitative estimate of drug-likeness (QED) is 0.169. The molecule has 0 aliphatic heterocycles. The fourth-order valence-electron chi connectivity index (χ4n) is 1.54. The van der Waals surface area contributed by atoms with Gasteiger partial charge in [-0.1, -0.05) is 6.07 Å². The van der Waals surface area contributed by atoms with E-state index < -0.39 is 34.9 Å². The van der Waals surface area contributed by atoms with Crippen molar-refractivity contribution in [2.75, 3.05) is 0 Å². The van der Waals surface area contributed by atoms with Gasteiger partial charge in [-0.05, 0) is 42.5 Å². The summed E-state index contributed by atoms with van der Waals surface area (Å²) in [4.78, 5) is 41.4. The van der Waals surface area contributed by atoms with Crippen LogP contribution in [0.1, 0.15) is 41.4 Å². The van der Waals surface area contributed by atoms with Gasteiger partial charge in [-0.15, -0.1) is 0 Å². The summed E-state index contributed by atoms with van der Waals surface area (Å²) >= 11 is 0. The molecule has 11 nitrogen and oxygen atoms in total. The molecule has 5 N–H and O–H groups in total. The second-order valence-corrected chi connectivity index (χ2v) is 5.03. The van der Waals surface area contributed by atoms with Crippen LogP contribution < -0.4 is 29.6 Å². The molecule has 0 bridgehead atoms. The van der Waals surface area contributed by atoms with Crippen molar-refractivity contribution in [1.29, 1.82) is 0 Å². The number of aromatic carboxylic acids is 4. The number of benzene rings is 2. The maximum Gasteiger partial charge on any atom is 1.00 e. The van der Waals surface area contributed by atoms with Crippen molar-refractivity contribution in [3.8, 4) is 0 Å². The minimum Gasteiger partial charge on any atom is -0.478 e. The van der Waals surface area contributed by atoms with E-state index in [1.165, 1.54) is 42.5 Å². The fraction of sp³-hybridized carbons (Fsp3) is 0. The van der Waals surface area contributed by atoms with Crippen molar-refractivity contribution in [2.24, 2.45) is 0 Å². The Morgan fingerprint density at radius 3 is 1.03 bits per heavy atom. The molecule has 0 aliphatic carbocycles. The molecule has 0 fully saturated rings. The normalized spacial score (nSPS) is 8.90. The number of carbonyl (C=O) groups is 4. The van der Waals surface area contributed by atoms with Crippen molar-refractivity contribution in [3.05, 3.63) is 70.8 Å². The van der Waals surface area contributed by atoms with Gasteiger partial charge in [0.2, 0.25) is 0 Å². The van der Waals surface area contributed by atoms with E-state index in [9.17, 15) is 19.2 Å². The molecule has 0 saturated heterocycles. The van der Waals surface area contributed by atoms with Gasteiger partial charge in [0.1, 0.15) is 0 Å².